The van der Waals surface area contributed by atoms with Gasteiger partial charge in [-0.2, -0.15) is 0 Å². The van der Waals surface area contributed by atoms with Gasteiger partial charge in [-0.1, -0.05) is 18.2 Å². The zero-order valence-electron chi connectivity index (χ0n) is 11.1. The van der Waals surface area contributed by atoms with Crippen LogP contribution in [0.25, 0.3) is 0 Å². The first kappa shape index (κ1) is 12.9. The Balaban J connectivity index is 1.42. The summed E-state index contributed by atoms with van der Waals surface area (Å²) in [5.74, 6) is 0.962. The minimum atomic E-state index is 0.273. The number of hydrogen-bond acceptors (Lipinski definition) is 4. The summed E-state index contributed by atoms with van der Waals surface area (Å²) in [5.41, 5.74) is 1.22. The summed E-state index contributed by atoms with van der Waals surface area (Å²) < 4.78 is 16.4. The monoisotopic (exact) mass is 263 g/mol. The van der Waals surface area contributed by atoms with Crippen LogP contribution in [0.3, 0.4) is 0 Å². The van der Waals surface area contributed by atoms with E-state index in [9.17, 15) is 0 Å². The van der Waals surface area contributed by atoms with Crippen LogP contribution < -0.4 is 10.1 Å². The van der Waals surface area contributed by atoms with Gasteiger partial charge in [-0.05, 0) is 18.9 Å². The number of rotatable bonds is 8. The van der Waals surface area contributed by atoms with Gasteiger partial charge >= 0.3 is 0 Å². The van der Waals surface area contributed by atoms with Crippen LogP contribution in [0.1, 0.15) is 18.4 Å². The summed E-state index contributed by atoms with van der Waals surface area (Å²) in [4.78, 5) is 0. The molecule has 2 fully saturated rings. The fraction of sp³-hybridized carbons (Fsp3) is 0.600. The molecular formula is C15H21NO3. The largest absolute Gasteiger partial charge is 0.491 e. The topological polar surface area (TPSA) is 39.7 Å². The van der Waals surface area contributed by atoms with E-state index in [0.717, 1.165) is 31.5 Å². The number of benzene rings is 1. The maximum atomic E-state index is 5.80. The molecule has 0 bridgehead atoms. The van der Waals surface area contributed by atoms with Gasteiger partial charge in [0.2, 0.25) is 0 Å². The van der Waals surface area contributed by atoms with Gasteiger partial charge in [0.05, 0.1) is 19.8 Å². The van der Waals surface area contributed by atoms with Gasteiger partial charge in [-0.3, -0.25) is 0 Å². The molecule has 2 aliphatic rings. The van der Waals surface area contributed by atoms with E-state index < -0.39 is 0 Å². The molecule has 0 radical (unpaired) electrons. The Morgan fingerprint density at radius 3 is 2.74 bits per heavy atom. The van der Waals surface area contributed by atoms with Crippen molar-refractivity contribution >= 4 is 0 Å². The Hall–Kier alpha value is -1.10. The van der Waals surface area contributed by atoms with E-state index in [4.69, 9.17) is 14.2 Å². The van der Waals surface area contributed by atoms with E-state index in [0.29, 0.717) is 13.2 Å². The van der Waals surface area contributed by atoms with E-state index in [1.54, 1.807) is 0 Å². The molecule has 0 unspecified atom stereocenters. The second-order valence-electron chi connectivity index (χ2n) is 5.14. The maximum absolute atomic E-state index is 5.80. The molecule has 0 spiro atoms. The highest BCUT2D eigenvalue weighted by atomic mass is 16.6. The van der Waals surface area contributed by atoms with Crippen molar-refractivity contribution in [3.05, 3.63) is 29.8 Å². The summed E-state index contributed by atoms with van der Waals surface area (Å²) in [7, 11) is 0. The van der Waals surface area contributed by atoms with Crippen LogP contribution in [0.15, 0.2) is 24.3 Å². The summed E-state index contributed by atoms with van der Waals surface area (Å²) in [6.45, 7) is 3.55. The van der Waals surface area contributed by atoms with Crippen LogP contribution in [-0.2, 0) is 16.0 Å². The number of ether oxygens (including phenoxy) is 3. The lowest BCUT2D eigenvalue weighted by Gasteiger charge is -2.25. The van der Waals surface area contributed by atoms with Crippen molar-refractivity contribution in [2.75, 3.05) is 26.4 Å². The zero-order chi connectivity index (χ0) is 12.9. The second-order valence-corrected chi connectivity index (χ2v) is 5.14. The lowest BCUT2D eigenvalue weighted by Crippen LogP contribution is -2.37. The predicted molar refractivity (Wildman–Crippen MR) is 72.4 cm³/mol. The van der Waals surface area contributed by atoms with Crippen LogP contribution in [0.4, 0.5) is 0 Å². The zero-order valence-corrected chi connectivity index (χ0v) is 11.1. The lowest BCUT2D eigenvalue weighted by atomic mass is 10.2. The molecule has 1 N–H and O–H groups in total. The molecule has 1 saturated carbocycles. The summed E-state index contributed by atoms with van der Waals surface area (Å²) >= 11 is 0. The Labute approximate surface area is 114 Å². The van der Waals surface area contributed by atoms with Crippen molar-refractivity contribution in [3.8, 4) is 5.75 Å². The van der Waals surface area contributed by atoms with Gasteiger partial charge < -0.3 is 19.5 Å². The Morgan fingerprint density at radius 1 is 1.16 bits per heavy atom. The number of nitrogens with one attached hydrogen (secondary N) is 1. The van der Waals surface area contributed by atoms with Crippen LogP contribution in [0.5, 0.6) is 5.75 Å². The van der Waals surface area contributed by atoms with Crippen molar-refractivity contribution in [2.45, 2.75) is 31.5 Å². The minimum Gasteiger partial charge on any atom is -0.491 e. The quantitative estimate of drug-likeness (QED) is 0.725. The first-order chi connectivity index (χ1) is 9.42. The van der Waals surface area contributed by atoms with E-state index in [1.165, 1.54) is 18.4 Å². The molecule has 4 heteroatoms. The Morgan fingerprint density at radius 2 is 2.00 bits per heavy atom. The third-order valence-electron chi connectivity index (χ3n) is 3.43. The van der Waals surface area contributed by atoms with Gasteiger partial charge in [-0.15, -0.1) is 0 Å². The fourth-order valence-electron chi connectivity index (χ4n) is 2.01. The average Bonchev–Trinajstić information content (AvgIpc) is 3.19. The van der Waals surface area contributed by atoms with E-state index in [-0.39, 0.29) is 6.10 Å². The summed E-state index contributed by atoms with van der Waals surface area (Å²) in [6.07, 6.45) is 2.89. The highest BCUT2D eigenvalue weighted by Gasteiger charge is 2.20. The molecule has 1 aliphatic heterocycles. The van der Waals surface area contributed by atoms with Gasteiger partial charge in [0.1, 0.15) is 18.5 Å². The van der Waals surface area contributed by atoms with Crippen molar-refractivity contribution in [1.82, 2.24) is 5.32 Å². The second kappa shape index (κ2) is 6.37. The van der Waals surface area contributed by atoms with E-state index in [2.05, 4.69) is 17.4 Å². The fourth-order valence-corrected chi connectivity index (χ4v) is 2.01. The lowest BCUT2D eigenvalue weighted by molar-refractivity contribution is -0.132. The molecule has 1 aliphatic carbocycles. The first-order valence-electron chi connectivity index (χ1n) is 7.05. The summed E-state index contributed by atoms with van der Waals surface area (Å²) in [5, 5.41) is 3.51. The van der Waals surface area contributed by atoms with Gasteiger partial charge in [-0.25, -0.2) is 0 Å². The van der Waals surface area contributed by atoms with Crippen molar-refractivity contribution in [2.24, 2.45) is 0 Å². The maximum Gasteiger partial charge on any atom is 0.123 e. The molecule has 0 atom stereocenters. The van der Waals surface area contributed by atoms with Crippen molar-refractivity contribution in [3.63, 3.8) is 0 Å². The highest BCUT2D eigenvalue weighted by molar-refractivity contribution is 5.33. The predicted octanol–water partition coefficient (Wildman–Crippen LogP) is 1.73. The smallest absolute Gasteiger partial charge is 0.123 e. The molecule has 0 aromatic heterocycles. The Bertz CT molecular complexity index is 402. The van der Waals surface area contributed by atoms with Crippen LogP contribution in [0.2, 0.25) is 0 Å². The van der Waals surface area contributed by atoms with Gasteiger partial charge in [0, 0.05) is 18.2 Å². The molecule has 1 heterocycles. The SMILES string of the molecule is c1ccc(OCCOC2COC2)c(CNC2CC2)c1. The van der Waals surface area contributed by atoms with E-state index in [1.807, 2.05) is 12.1 Å². The third-order valence-corrected chi connectivity index (χ3v) is 3.43. The third kappa shape index (κ3) is 3.93. The molecule has 1 saturated heterocycles. The summed E-state index contributed by atoms with van der Waals surface area (Å²) in [6, 6.07) is 8.92. The molecule has 1 aromatic carbocycles. The van der Waals surface area contributed by atoms with Crippen molar-refractivity contribution < 1.29 is 14.2 Å². The van der Waals surface area contributed by atoms with Gasteiger partial charge in [0.25, 0.3) is 0 Å². The molecule has 1 aromatic rings. The standard InChI is InChI=1S/C15H21NO3/c1-2-4-15(12(3-1)9-16-13-5-6-13)19-8-7-18-14-10-17-11-14/h1-4,13-14,16H,5-11H2. The first-order valence-corrected chi connectivity index (χ1v) is 7.05. The van der Waals surface area contributed by atoms with Crippen molar-refractivity contribution in [1.29, 1.82) is 0 Å². The van der Waals surface area contributed by atoms with Crippen LogP contribution >= 0.6 is 0 Å². The van der Waals surface area contributed by atoms with Gasteiger partial charge in [0.15, 0.2) is 0 Å². The highest BCUT2D eigenvalue weighted by Crippen LogP contribution is 2.22. The molecule has 3 rings (SSSR count). The molecular weight excluding hydrogens is 242 g/mol. The molecule has 104 valence electrons. The Kier molecular flexibility index (Phi) is 4.33. The van der Waals surface area contributed by atoms with E-state index >= 15 is 0 Å². The normalized spacial score (nSPS) is 19.2. The number of hydrogen-bond donors (Lipinski definition) is 1. The number of para-hydroxylation sites is 1. The molecule has 4 nitrogen and oxygen atoms in total. The molecule has 19 heavy (non-hydrogen) atoms. The minimum absolute atomic E-state index is 0.273. The molecule has 0 amide bonds. The van der Waals surface area contributed by atoms with Crippen LogP contribution in [0, 0.1) is 0 Å². The average molecular weight is 263 g/mol. The van der Waals surface area contributed by atoms with Crippen LogP contribution in [-0.4, -0.2) is 38.6 Å².